The highest BCUT2D eigenvalue weighted by molar-refractivity contribution is 5.79. The summed E-state index contributed by atoms with van der Waals surface area (Å²) in [6.07, 6.45) is 4.03. The minimum absolute atomic E-state index is 0.125. The molecule has 2 atom stereocenters. The van der Waals surface area contributed by atoms with Crippen molar-refractivity contribution >= 4 is 10.9 Å². The maximum atomic E-state index is 10.1. The molecule has 0 aliphatic heterocycles. The van der Waals surface area contributed by atoms with E-state index in [1.165, 1.54) is 0 Å². The monoisotopic (exact) mass is 271 g/mol. The molecule has 0 bridgehead atoms. The molecule has 2 unspecified atom stereocenters. The van der Waals surface area contributed by atoms with Gasteiger partial charge in [-0.2, -0.15) is 0 Å². The van der Waals surface area contributed by atoms with Gasteiger partial charge in [-0.1, -0.05) is 19.9 Å². The van der Waals surface area contributed by atoms with Gasteiger partial charge in [0, 0.05) is 17.6 Å². The molecule has 0 amide bonds. The summed E-state index contributed by atoms with van der Waals surface area (Å²) < 4.78 is 6.02. The van der Waals surface area contributed by atoms with E-state index in [9.17, 15) is 5.11 Å². The molecule has 1 aromatic carbocycles. The van der Waals surface area contributed by atoms with Crippen molar-refractivity contribution in [1.82, 2.24) is 4.98 Å². The highest BCUT2D eigenvalue weighted by Gasteiger charge is 2.35. The molecular formula is C17H21NO2. The van der Waals surface area contributed by atoms with Gasteiger partial charge in [0.2, 0.25) is 0 Å². The van der Waals surface area contributed by atoms with Gasteiger partial charge in [-0.3, -0.25) is 4.98 Å². The molecule has 1 heterocycles. The van der Waals surface area contributed by atoms with Gasteiger partial charge in [0.05, 0.1) is 11.6 Å². The lowest BCUT2D eigenvalue weighted by Crippen LogP contribution is -2.41. The van der Waals surface area contributed by atoms with E-state index in [1.807, 2.05) is 30.3 Å². The van der Waals surface area contributed by atoms with Crippen LogP contribution in [0, 0.1) is 5.41 Å². The van der Waals surface area contributed by atoms with E-state index in [2.05, 4.69) is 18.8 Å². The average molecular weight is 271 g/mol. The molecule has 1 N–H and O–H groups in total. The lowest BCUT2D eigenvalue weighted by Gasteiger charge is -2.38. The van der Waals surface area contributed by atoms with Crippen molar-refractivity contribution in [2.45, 2.75) is 45.3 Å². The minimum atomic E-state index is -0.373. The number of aliphatic hydroxyl groups excluding tert-OH is 1. The molecule has 3 nitrogen and oxygen atoms in total. The summed E-state index contributed by atoms with van der Waals surface area (Å²) in [7, 11) is 0. The Hall–Kier alpha value is -1.61. The zero-order valence-electron chi connectivity index (χ0n) is 12.0. The molecule has 106 valence electrons. The second-order valence-corrected chi connectivity index (χ2v) is 6.49. The van der Waals surface area contributed by atoms with Crippen molar-refractivity contribution in [3.05, 3.63) is 36.5 Å². The normalized spacial score (nSPS) is 25.6. The summed E-state index contributed by atoms with van der Waals surface area (Å²) in [6, 6.07) is 9.88. The van der Waals surface area contributed by atoms with Crippen LogP contribution in [-0.4, -0.2) is 22.3 Å². The fourth-order valence-corrected chi connectivity index (χ4v) is 2.92. The predicted octanol–water partition coefficient (Wildman–Crippen LogP) is 3.55. The zero-order chi connectivity index (χ0) is 14.2. The lowest BCUT2D eigenvalue weighted by molar-refractivity contribution is -0.0303. The highest BCUT2D eigenvalue weighted by Crippen LogP contribution is 2.37. The Kier molecular flexibility index (Phi) is 3.38. The first-order valence-electron chi connectivity index (χ1n) is 7.23. The third-order valence-electron chi connectivity index (χ3n) is 4.16. The van der Waals surface area contributed by atoms with Crippen LogP contribution in [0.2, 0.25) is 0 Å². The number of fused-ring (bicyclic) bond motifs is 1. The summed E-state index contributed by atoms with van der Waals surface area (Å²) in [5, 5.41) is 11.2. The molecule has 3 rings (SSSR count). The number of aliphatic hydroxyl groups is 1. The number of hydrogen-bond donors (Lipinski definition) is 1. The summed E-state index contributed by atoms with van der Waals surface area (Å²) in [4.78, 5) is 4.34. The Labute approximate surface area is 119 Å². The van der Waals surface area contributed by atoms with Crippen molar-refractivity contribution in [3.63, 3.8) is 0 Å². The van der Waals surface area contributed by atoms with Crippen molar-refractivity contribution < 1.29 is 9.84 Å². The van der Waals surface area contributed by atoms with Crippen LogP contribution in [0.15, 0.2) is 36.5 Å². The van der Waals surface area contributed by atoms with Crippen LogP contribution >= 0.6 is 0 Å². The Morgan fingerprint density at radius 2 is 2.15 bits per heavy atom. The molecule has 1 saturated carbocycles. The van der Waals surface area contributed by atoms with E-state index in [4.69, 9.17) is 4.74 Å². The first kappa shape index (κ1) is 13.4. The summed E-state index contributed by atoms with van der Waals surface area (Å²) in [5.74, 6) is 0.790. The van der Waals surface area contributed by atoms with E-state index >= 15 is 0 Å². The topological polar surface area (TPSA) is 42.4 Å². The summed E-state index contributed by atoms with van der Waals surface area (Å²) >= 11 is 0. The molecule has 1 aliphatic rings. The number of nitrogens with zero attached hydrogens (tertiary/aromatic N) is 1. The van der Waals surface area contributed by atoms with Crippen LogP contribution in [-0.2, 0) is 0 Å². The lowest BCUT2D eigenvalue weighted by atomic mass is 9.75. The zero-order valence-corrected chi connectivity index (χ0v) is 12.0. The molecule has 1 fully saturated rings. The van der Waals surface area contributed by atoms with E-state index in [-0.39, 0.29) is 17.6 Å². The Morgan fingerprint density at radius 1 is 1.30 bits per heavy atom. The first-order chi connectivity index (χ1) is 9.53. The van der Waals surface area contributed by atoms with Gasteiger partial charge < -0.3 is 9.84 Å². The quantitative estimate of drug-likeness (QED) is 0.908. The number of rotatable bonds is 2. The Balaban J connectivity index is 1.81. The van der Waals surface area contributed by atoms with Crippen LogP contribution in [0.3, 0.4) is 0 Å². The maximum Gasteiger partial charge on any atom is 0.125 e. The van der Waals surface area contributed by atoms with Crippen molar-refractivity contribution in [3.8, 4) is 5.75 Å². The largest absolute Gasteiger partial charge is 0.488 e. The highest BCUT2D eigenvalue weighted by atomic mass is 16.5. The molecule has 0 saturated heterocycles. The molecule has 2 aromatic rings. The van der Waals surface area contributed by atoms with E-state index in [0.29, 0.717) is 0 Å². The van der Waals surface area contributed by atoms with E-state index in [1.54, 1.807) is 6.20 Å². The van der Waals surface area contributed by atoms with Crippen molar-refractivity contribution in [2.75, 3.05) is 0 Å². The maximum absolute atomic E-state index is 10.1. The van der Waals surface area contributed by atoms with E-state index in [0.717, 1.165) is 35.9 Å². The minimum Gasteiger partial charge on any atom is -0.488 e. The van der Waals surface area contributed by atoms with Gasteiger partial charge in [-0.05, 0) is 42.9 Å². The first-order valence-corrected chi connectivity index (χ1v) is 7.23. The molecule has 3 heteroatoms. The predicted molar refractivity (Wildman–Crippen MR) is 79.8 cm³/mol. The second-order valence-electron chi connectivity index (χ2n) is 6.49. The van der Waals surface area contributed by atoms with Crippen LogP contribution in [0.4, 0.5) is 0 Å². The SMILES string of the molecule is CC1(C)CCC(O)C(Oc2ccc3cccnc3c2)C1. The number of pyridine rings is 1. The number of benzene rings is 1. The Morgan fingerprint density at radius 3 is 3.00 bits per heavy atom. The van der Waals surface area contributed by atoms with Crippen LogP contribution in [0.25, 0.3) is 10.9 Å². The number of ether oxygens (including phenoxy) is 1. The molecule has 0 spiro atoms. The Bertz CT molecular complexity index is 609. The second kappa shape index (κ2) is 5.06. The third-order valence-corrected chi connectivity index (χ3v) is 4.16. The van der Waals surface area contributed by atoms with Gasteiger partial charge in [0.15, 0.2) is 0 Å². The standard InChI is InChI=1S/C17H21NO2/c1-17(2)8-7-15(19)16(11-17)20-13-6-5-12-4-3-9-18-14(12)10-13/h3-6,9-10,15-16,19H,7-8,11H2,1-2H3. The van der Waals surface area contributed by atoms with Crippen LogP contribution in [0.5, 0.6) is 5.75 Å². The van der Waals surface area contributed by atoms with Gasteiger partial charge in [-0.15, -0.1) is 0 Å². The summed E-state index contributed by atoms with van der Waals surface area (Å²) in [6.45, 7) is 4.47. The number of aromatic nitrogens is 1. The smallest absolute Gasteiger partial charge is 0.125 e. The van der Waals surface area contributed by atoms with Crippen LogP contribution < -0.4 is 4.74 Å². The fraction of sp³-hybridized carbons (Fsp3) is 0.471. The van der Waals surface area contributed by atoms with Gasteiger partial charge in [0.1, 0.15) is 11.9 Å². The van der Waals surface area contributed by atoms with Gasteiger partial charge in [-0.25, -0.2) is 0 Å². The van der Waals surface area contributed by atoms with Gasteiger partial charge in [0.25, 0.3) is 0 Å². The number of hydrogen-bond acceptors (Lipinski definition) is 3. The third kappa shape index (κ3) is 2.78. The average Bonchev–Trinajstić information content (AvgIpc) is 2.43. The molecular weight excluding hydrogens is 250 g/mol. The fourth-order valence-electron chi connectivity index (χ4n) is 2.92. The molecule has 1 aliphatic carbocycles. The van der Waals surface area contributed by atoms with Crippen LogP contribution in [0.1, 0.15) is 33.1 Å². The summed E-state index contributed by atoms with van der Waals surface area (Å²) in [5.41, 5.74) is 1.16. The molecule has 0 radical (unpaired) electrons. The van der Waals surface area contributed by atoms with Gasteiger partial charge >= 0.3 is 0 Å². The van der Waals surface area contributed by atoms with Crippen molar-refractivity contribution in [2.24, 2.45) is 5.41 Å². The van der Waals surface area contributed by atoms with Crippen molar-refractivity contribution in [1.29, 1.82) is 0 Å². The molecule has 1 aromatic heterocycles. The molecule has 20 heavy (non-hydrogen) atoms. The van der Waals surface area contributed by atoms with E-state index < -0.39 is 0 Å².